The van der Waals surface area contributed by atoms with Crippen LogP contribution in [-0.4, -0.2) is 41.0 Å². The molecule has 2 aromatic rings. The molecule has 0 aliphatic rings. The fourth-order valence-corrected chi connectivity index (χ4v) is 2.46. The van der Waals surface area contributed by atoms with Gasteiger partial charge in [-0.15, -0.1) is 0 Å². The minimum Gasteiger partial charge on any atom is -0.478 e. The Morgan fingerprint density at radius 1 is 0.926 bits per heavy atom. The number of carbonyl (C=O) groups excluding carboxylic acids is 2. The fourth-order valence-electron chi connectivity index (χ4n) is 2.46. The maximum atomic E-state index is 12.3. The third-order valence-corrected chi connectivity index (χ3v) is 4.00. The smallest absolute Gasteiger partial charge is 0.335 e. The van der Waals surface area contributed by atoms with Gasteiger partial charge in [-0.25, -0.2) is 9.59 Å². The van der Waals surface area contributed by atoms with E-state index in [1.807, 2.05) is 37.3 Å². The summed E-state index contributed by atoms with van der Waals surface area (Å²) < 4.78 is 0. The topological polar surface area (TPSA) is 98.7 Å². The molecule has 0 fully saturated rings. The fraction of sp³-hybridized carbons (Fsp3) is 0.250. The summed E-state index contributed by atoms with van der Waals surface area (Å²) >= 11 is 0. The van der Waals surface area contributed by atoms with Gasteiger partial charge in [0.1, 0.15) is 0 Å². The summed E-state index contributed by atoms with van der Waals surface area (Å²) in [6.07, 6.45) is 0. The van der Waals surface area contributed by atoms with Crippen molar-refractivity contribution < 1.29 is 19.5 Å². The predicted molar refractivity (Wildman–Crippen MR) is 101 cm³/mol. The number of hydrogen-bond acceptors (Lipinski definition) is 3. The molecule has 0 aromatic heterocycles. The highest BCUT2D eigenvalue weighted by atomic mass is 16.4. The van der Waals surface area contributed by atoms with Gasteiger partial charge in [0, 0.05) is 19.6 Å². The zero-order chi connectivity index (χ0) is 19.6. The minimum atomic E-state index is -0.998. The van der Waals surface area contributed by atoms with Crippen LogP contribution < -0.4 is 10.6 Å². The van der Waals surface area contributed by atoms with Crippen molar-refractivity contribution in [1.29, 1.82) is 0 Å². The standard InChI is InChI=1S/C20H23N3O4/c1-2-23(14-16-6-4-3-5-7-16)18(24)13-22-20(27)21-12-15-8-10-17(11-9-15)19(25)26/h3-11H,2,12-14H2,1H3,(H,25,26)(H2,21,22,27). The van der Waals surface area contributed by atoms with E-state index in [4.69, 9.17) is 5.11 Å². The Labute approximate surface area is 158 Å². The first-order chi connectivity index (χ1) is 13.0. The van der Waals surface area contributed by atoms with Gasteiger partial charge >= 0.3 is 12.0 Å². The van der Waals surface area contributed by atoms with Crippen LogP contribution in [0.5, 0.6) is 0 Å². The van der Waals surface area contributed by atoms with E-state index >= 15 is 0 Å². The van der Waals surface area contributed by atoms with Gasteiger partial charge in [0.25, 0.3) is 0 Å². The quantitative estimate of drug-likeness (QED) is 0.664. The van der Waals surface area contributed by atoms with E-state index < -0.39 is 12.0 Å². The second-order valence-corrected chi connectivity index (χ2v) is 5.93. The zero-order valence-electron chi connectivity index (χ0n) is 15.1. The van der Waals surface area contributed by atoms with E-state index in [1.54, 1.807) is 17.0 Å². The van der Waals surface area contributed by atoms with Crippen molar-refractivity contribution in [2.24, 2.45) is 0 Å². The summed E-state index contributed by atoms with van der Waals surface area (Å²) in [5.41, 5.74) is 1.98. The molecule has 7 heteroatoms. The molecule has 142 valence electrons. The van der Waals surface area contributed by atoms with Crippen LogP contribution in [0.4, 0.5) is 4.79 Å². The van der Waals surface area contributed by atoms with Gasteiger partial charge in [-0.1, -0.05) is 42.5 Å². The Morgan fingerprint density at radius 3 is 2.19 bits per heavy atom. The number of urea groups is 1. The van der Waals surface area contributed by atoms with Gasteiger partial charge in [-0.2, -0.15) is 0 Å². The Hall–Kier alpha value is -3.35. The van der Waals surface area contributed by atoms with Crippen LogP contribution in [0, 0.1) is 0 Å². The van der Waals surface area contributed by atoms with Crippen molar-refractivity contribution in [1.82, 2.24) is 15.5 Å². The molecule has 27 heavy (non-hydrogen) atoms. The summed E-state index contributed by atoms with van der Waals surface area (Å²) in [7, 11) is 0. The highest BCUT2D eigenvalue weighted by Crippen LogP contribution is 2.05. The highest BCUT2D eigenvalue weighted by molar-refractivity contribution is 5.87. The molecule has 0 radical (unpaired) electrons. The van der Waals surface area contributed by atoms with Crippen LogP contribution in [-0.2, 0) is 17.9 Å². The molecule has 0 saturated heterocycles. The molecule has 0 aliphatic carbocycles. The van der Waals surface area contributed by atoms with Gasteiger partial charge < -0.3 is 20.6 Å². The van der Waals surface area contributed by atoms with Crippen molar-refractivity contribution in [2.45, 2.75) is 20.0 Å². The van der Waals surface area contributed by atoms with E-state index in [1.165, 1.54) is 12.1 Å². The number of carbonyl (C=O) groups is 3. The lowest BCUT2D eigenvalue weighted by Crippen LogP contribution is -2.43. The molecule has 2 rings (SSSR count). The monoisotopic (exact) mass is 369 g/mol. The van der Waals surface area contributed by atoms with Crippen LogP contribution >= 0.6 is 0 Å². The second-order valence-electron chi connectivity index (χ2n) is 5.93. The Kier molecular flexibility index (Phi) is 7.37. The average molecular weight is 369 g/mol. The molecule has 0 spiro atoms. The number of hydrogen-bond donors (Lipinski definition) is 3. The number of aromatic carboxylic acids is 1. The largest absolute Gasteiger partial charge is 0.478 e. The zero-order valence-corrected chi connectivity index (χ0v) is 15.1. The number of benzene rings is 2. The molecule has 0 aliphatic heterocycles. The van der Waals surface area contributed by atoms with Crippen molar-refractivity contribution in [3.63, 3.8) is 0 Å². The molecule has 0 atom stereocenters. The number of nitrogens with one attached hydrogen (secondary N) is 2. The van der Waals surface area contributed by atoms with Crippen molar-refractivity contribution in [2.75, 3.05) is 13.1 Å². The number of amides is 3. The SMILES string of the molecule is CCN(Cc1ccccc1)C(=O)CNC(=O)NCc1ccc(C(=O)O)cc1. The number of rotatable bonds is 8. The molecular weight excluding hydrogens is 346 g/mol. The summed E-state index contributed by atoms with van der Waals surface area (Å²) in [6.45, 7) is 3.08. The molecule has 3 amide bonds. The van der Waals surface area contributed by atoms with Gasteiger partial charge in [0.2, 0.25) is 5.91 Å². The van der Waals surface area contributed by atoms with E-state index in [2.05, 4.69) is 10.6 Å². The van der Waals surface area contributed by atoms with Crippen LogP contribution in [0.25, 0.3) is 0 Å². The average Bonchev–Trinajstić information content (AvgIpc) is 2.69. The maximum absolute atomic E-state index is 12.3. The molecule has 0 unspecified atom stereocenters. The molecule has 0 heterocycles. The summed E-state index contributed by atoms with van der Waals surface area (Å²) in [6, 6.07) is 15.4. The molecule has 0 saturated carbocycles. The summed E-state index contributed by atoms with van der Waals surface area (Å²) in [5, 5.41) is 14.0. The number of likely N-dealkylation sites (N-methyl/N-ethyl adjacent to an activating group) is 1. The molecular formula is C20H23N3O4. The molecule has 0 bridgehead atoms. The first kappa shape index (κ1) is 20.0. The van der Waals surface area contributed by atoms with Crippen molar-refractivity contribution in [3.8, 4) is 0 Å². The Balaban J connectivity index is 1.76. The third kappa shape index (κ3) is 6.47. The van der Waals surface area contributed by atoms with Gasteiger partial charge in [-0.3, -0.25) is 4.79 Å². The molecule has 2 aromatic carbocycles. The van der Waals surface area contributed by atoms with E-state index in [-0.39, 0.29) is 24.6 Å². The number of carboxylic acids is 1. The number of carboxylic acid groups (broad SMARTS) is 1. The number of nitrogens with zero attached hydrogens (tertiary/aromatic N) is 1. The lowest BCUT2D eigenvalue weighted by Gasteiger charge is -2.21. The van der Waals surface area contributed by atoms with Crippen molar-refractivity contribution in [3.05, 3.63) is 71.3 Å². The van der Waals surface area contributed by atoms with E-state index in [0.717, 1.165) is 11.1 Å². The van der Waals surface area contributed by atoms with Crippen LogP contribution in [0.2, 0.25) is 0 Å². The van der Waals surface area contributed by atoms with E-state index in [9.17, 15) is 14.4 Å². The van der Waals surface area contributed by atoms with Gasteiger partial charge in [0.15, 0.2) is 0 Å². The second kappa shape index (κ2) is 9.96. The highest BCUT2D eigenvalue weighted by Gasteiger charge is 2.13. The van der Waals surface area contributed by atoms with Crippen LogP contribution in [0.3, 0.4) is 0 Å². The minimum absolute atomic E-state index is 0.0928. The molecule has 3 N–H and O–H groups in total. The molecule has 7 nitrogen and oxygen atoms in total. The van der Waals surface area contributed by atoms with Crippen LogP contribution in [0.1, 0.15) is 28.4 Å². The first-order valence-electron chi connectivity index (χ1n) is 8.65. The Bertz CT molecular complexity index is 776. The lowest BCUT2D eigenvalue weighted by molar-refractivity contribution is -0.130. The Morgan fingerprint density at radius 2 is 1.59 bits per heavy atom. The predicted octanol–water partition coefficient (Wildman–Crippen LogP) is 2.23. The van der Waals surface area contributed by atoms with Gasteiger partial charge in [-0.05, 0) is 30.2 Å². The maximum Gasteiger partial charge on any atom is 0.335 e. The lowest BCUT2D eigenvalue weighted by atomic mass is 10.1. The summed E-state index contributed by atoms with van der Waals surface area (Å²) in [5.74, 6) is -1.16. The first-order valence-corrected chi connectivity index (χ1v) is 8.65. The van der Waals surface area contributed by atoms with Crippen molar-refractivity contribution >= 4 is 17.9 Å². The van der Waals surface area contributed by atoms with Crippen LogP contribution in [0.15, 0.2) is 54.6 Å². The normalized spacial score (nSPS) is 10.1. The third-order valence-electron chi connectivity index (χ3n) is 4.00. The summed E-state index contributed by atoms with van der Waals surface area (Å²) in [4.78, 5) is 36.6. The van der Waals surface area contributed by atoms with E-state index in [0.29, 0.717) is 13.1 Å². The van der Waals surface area contributed by atoms with Gasteiger partial charge in [0.05, 0.1) is 12.1 Å².